The molecular formula is C24H27N3O. The number of aryl methyl sites for hydroxylation is 1. The number of H-pyrrole nitrogens is 1. The highest BCUT2D eigenvalue weighted by Gasteiger charge is 2.54. The van der Waals surface area contributed by atoms with Gasteiger partial charge >= 0.3 is 0 Å². The summed E-state index contributed by atoms with van der Waals surface area (Å²) in [5.74, 6) is 0.161. The third kappa shape index (κ3) is 2.31. The molecule has 1 spiro atoms. The summed E-state index contributed by atoms with van der Waals surface area (Å²) >= 11 is 0. The minimum atomic E-state index is -0.788. The summed E-state index contributed by atoms with van der Waals surface area (Å²) in [5, 5.41) is 4.89. The average Bonchev–Trinajstić information content (AvgIpc) is 3.19. The lowest BCUT2D eigenvalue weighted by Gasteiger charge is -2.34. The first-order valence-corrected chi connectivity index (χ1v) is 10.4. The second-order valence-corrected chi connectivity index (χ2v) is 8.14. The molecule has 0 fully saturated rings. The second kappa shape index (κ2) is 6.49. The van der Waals surface area contributed by atoms with Crippen LogP contribution in [0, 0.1) is 6.92 Å². The number of rotatable bonds is 4. The number of aromatic nitrogens is 1. The number of benzene rings is 2. The number of amides is 1. The van der Waals surface area contributed by atoms with Crippen molar-refractivity contribution < 1.29 is 4.79 Å². The van der Waals surface area contributed by atoms with Crippen molar-refractivity contribution in [3.8, 4) is 0 Å². The van der Waals surface area contributed by atoms with Gasteiger partial charge in [-0.05, 0) is 43.5 Å². The third-order valence-corrected chi connectivity index (χ3v) is 6.35. The molecule has 1 unspecified atom stereocenters. The number of hydrogen-bond acceptors (Lipinski definition) is 2. The summed E-state index contributed by atoms with van der Waals surface area (Å²) < 4.78 is 0. The molecule has 0 radical (unpaired) electrons. The highest BCUT2D eigenvalue weighted by Crippen LogP contribution is 2.47. The van der Waals surface area contributed by atoms with Gasteiger partial charge in [0.05, 0.1) is 5.69 Å². The average molecular weight is 374 g/mol. The second-order valence-electron chi connectivity index (χ2n) is 8.14. The number of nitrogens with zero attached hydrogens (tertiary/aromatic N) is 1. The molecule has 0 saturated carbocycles. The van der Waals surface area contributed by atoms with Crippen LogP contribution in [0.15, 0.2) is 42.5 Å². The van der Waals surface area contributed by atoms with Gasteiger partial charge in [-0.3, -0.25) is 10.1 Å². The zero-order valence-electron chi connectivity index (χ0n) is 16.6. The number of unbranched alkanes of at least 4 members (excludes halogenated alkanes) is 2. The van der Waals surface area contributed by atoms with Crippen LogP contribution in [0.2, 0.25) is 0 Å². The molecule has 4 heteroatoms. The maximum absolute atomic E-state index is 13.9. The lowest BCUT2D eigenvalue weighted by atomic mass is 9.82. The summed E-state index contributed by atoms with van der Waals surface area (Å²) in [6.07, 6.45) is 4.26. The minimum absolute atomic E-state index is 0.161. The van der Waals surface area contributed by atoms with Gasteiger partial charge in [-0.15, -0.1) is 0 Å². The molecule has 144 valence electrons. The van der Waals surface area contributed by atoms with Crippen molar-refractivity contribution in [2.75, 3.05) is 18.0 Å². The van der Waals surface area contributed by atoms with Crippen molar-refractivity contribution >= 4 is 22.5 Å². The molecule has 3 aromatic rings. The lowest BCUT2D eigenvalue weighted by Crippen LogP contribution is -2.55. The van der Waals surface area contributed by atoms with Crippen molar-refractivity contribution in [2.45, 2.75) is 45.1 Å². The van der Waals surface area contributed by atoms with Gasteiger partial charge < -0.3 is 9.88 Å². The number of para-hydroxylation sites is 1. The first-order valence-electron chi connectivity index (χ1n) is 10.4. The number of aromatic amines is 1. The van der Waals surface area contributed by atoms with Crippen LogP contribution in [0.25, 0.3) is 10.9 Å². The molecule has 2 aliphatic heterocycles. The van der Waals surface area contributed by atoms with Crippen molar-refractivity contribution in [3.63, 3.8) is 0 Å². The number of carbonyl (C=O) groups excluding carboxylic acids is 1. The molecule has 4 nitrogen and oxygen atoms in total. The van der Waals surface area contributed by atoms with Crippen LogP contribution in [0.3, 0.4) is 0 Å². The molecule has 2 aliphatic rings. The standard InChI is InChI=1S/C24H27N3O/c1-3-4-7-14-27-21-9-6-5-8-19(21)24(23(27)28)22-17(12-13-25-24)18-15-16(2)10-11-20(18)26-22/h5-6,8-11,15,25-26H,3-4,7,12-14H2,1-2H3. The van der Waals surface area contributed by atoms with Gasteiger partial charge in [-0.25, -0.2) is 0 Å². The molecule has 1 aromatic heterocycles. The fraction of sp³-hybridized carbons (Fsp3) is 0.375. The number of nitrogens with one attached hydrogen (secondary N) is 2. The van der Waals surface area contributed by atoms with Gasteiger partial charge in [0.15, 0.2) is 5.54 Å². The van der Waals surface area contributed by atoms with E-state index in [1.165, 1.54) is 16.5 Å². The maximum atomic E-state index is 13.9. The Hall–Kier alpha value is -2.59. The van der Waals surface area contributed by atoms with E-state index in [-0.39, 0.29) is 5.91 Å². The van der Waals surface area contributed by atoms with Crippen molar-refractivity contribution in [2.24, 2.45) is 0 Å². The van der Waals surface area contributed by atoms with E-state index in [9.17, 15) is 4.79 Å². The predicted octanol–water partition coefficient (Wildman–Crippen LogP) is 4.40. The van der Waals surface area contributed by atoms with Crippen LogP contribution in [0.5, 0.6) is 0 Å². The smallest absolute Gasteiger partial charge is 0.258 e. The van der Waals surface area contributed by atoms with E-state index in [1.807, 2.05) is 17.0 Å². The Labute approximate surface area is 165 Å². The first kappa shape index (κ1) is 17.5. The summed E-state index contributed by atoms with van der Waals surface area (Å²) in [4.78, 5) is 19.5. The monoisotopic (exact) mass is 373 g/mol. The van der Waals surface area contributed by atoms with E-state index < -0.39 is 5.54 Å². The minimum Gasteiger partial charge on any atom is -0.356 e. The van der Waals surface area contributed by atoms with E-state index in [4.69, 9.17) is 0 Å². The van der Waals surface area contributed by atoms with Crippen LogP contribution in [-0.2, 0) is 16.8 Å². The Bertz CT molecular complexity index is 1070. The van der Waals surface area contributed by atoms with E-state index in [2.05, 4.69) is 54.5 Å². The number of carbonyl (C=O) groups is 1. The van der Waals surface area contributed by atoms with Crippen molar-refractivity contribution in [1.82, 2.24) is 10.3 Å². The van der Waals surface area contributed by atoms with Gasteiger partial charge in [-0.1, -0.05) is 49.6 Å². The van der Waals surface area contributed by atoms with Crippen molar-refractivity contribution in [3.05, 3.63) is 64.8 Å². The summed E-state index contributed by atoms with van der Waals surface area (Å²) in [6, 6.07) is 14.8. The van der Waals surface area contributed by atoms with Gasteiger partial charge in [0, 0.05) is 35.2 Å². The summed E-state index contributed by atoms with van der Waals surface area (Å²) in [6.45, 7) is 5.91. The van der Waals surface area contributed by atoms with E-state index >= 15 is 0 Å². The molecule has 0 aliphatic carbocycles. The Morgan fingerprint density at radius 3 is 2.86 bits per heavy atom. The Morgan fingerprint density at radius 2 is 2.00 bits per heavy atom. The molecule has 3 heterocycles. The molecule has 1 atom stereocenters. The zero-order chi connectivity index (χ0) is 19.3. The summed E-state index contributed by atoms with van der Waals surface area (Å²) in [5.41, 5.74) is 6.04. The van der Waals surface area contributed by atoms with E-state index in [0.717, 1.165) is 61.2 Å². The van der Waals surface area contributed by atoms with Crippen LogP contribution in [-0.4, -0.2) is 24.0 Å². The lowest BCUT2D eigenvalue weighted by molar-refractivity contribution is -0.123. The van der Waals surface area contributed by atoms with Gasteiger partial charge in [0.25, 0.3) is 5.91 Å². The van der Waals surface area contributed by atoms with Gasteiger partial charge in [0.2, 0.25) is 0 Å². The summed E-state index contributed by atoms with van der Waals surface area (Å²) in [7, 11) is 0. The first-order chi connectivity index (χ1) is 13.7. The molecule has 5 rings (SSSR count). The third-order valence-electron chi connectivity index (χ3n) is 6.35. The molecule has 2 aromatic carbocycles. The highest BCUT2D eigenvalue weighted by atomic mass is 16.2. The van der Waals surface area contributed by atoms with Crippen LogP contribution >= 0.6 is 0 Å². The number of hydrogen-bond donors (Lipinski definition) is 2. The Balaban J connectivity index is 1.70. The van der Waals surface area contributed by atoms with Gasteiger partial charge in [-0.2, -0.15) is 0 Å². The molecule has 1 amide bonds. The fourth-order valence-corrected chi connectivity index (χ4v) is 5.01. The van der Waals surface area contributed by atoms with Crippen LogP contribution in [0.4, 0.5) is 5.69 Å². The van der Waals surface area contributed by atoms with Gasteiger partial charge in [0.1, 0.15) is 0 Å². The van der Waals surface area contributed by atoms with E-state index in [1.54, 1.807) is 0 Å². The normalized spacial score (nSPS) is 20.8. The van der Waals surface area contributed by atoms with Crippen LogP contribution < -0.4 is 10.2 Å². The molecule has 28 heavy (non-hydrogen) atoms. The fourth-order valence-electron chi connectivity index (χ4n) is 5.01. The maximum Gasteiger partial charge on any atom is 0.258 e. The zero-order valence-corrected chi connectivity index (χ0v) is 16.6. The number of fused-ring (bicyclic) bond motifs is 6. The highest BCUT2D eigenvalue weighted by molar-refractivity contribution is 6.11. The molecule has 2 N–H and O–H groups in total. The van der Waals surface area contributed by atoms with Crippen molar-refractivity contribution in [1.29, 1.82) is 0 Å². The molecule has 0 bridgehead atoms. The molecule has 0 saturated heterocycles. The largest absolute Gasteiger partial charge is 0.356 e. The Morgan fingerprint density at radius 1 is 1.14 bits per heavy atom. The topological polar surface area (TPSA) is 48.1 Å². The quantitative estimate of drug-likeness (QED) is 0.666. The predicted molar refractivity (Wildman–Crippen MR) is 114 cm³/mol. The number of anilines is 1. The Kier molecular flexibility index (Phi) is 4.06. The van der Waals surface area contributed by atoms with E-state index in [0.29, 0.717) is 0 Å². The van der Waals surface area contributed by atoms with Crippen LogP contribution in [0.1, 0.15) is 48.6 Å². The SMILES string of the molecule is CCCCCN1C(=O)C2(NCCc3c2[nH]c2ccc(C)cc32)c2ccccc21. The molecular weight excluding hydrogens is 346 g/mol.